The van der Waals surface area contributed by atoms with Crippen molar-refractivity contribution in [3.8, 4) is 34.5 Å². The molecule has 6 aliphatic rings. The van der Waals surface area contributed by atoms with Crippen LogP contribution in [-0.2, 0) is 20.4 Å². The number of ether oxygens (including phenoxy) is 6. The average Bonchev–Trinajstić information content (AvgIpc) is 3.85. The third-order valence-electron chi connectivity index (χ3n) is 8.86. The molecule has 0 saturated carbocycles. The molecule has 0 saturated heterocycles. The van der Waals surface area contributed by atoms with E-state index in [1.807, 2.05) is 54.6 Å². The highest BCUT2D eigenvalue weighted by molar-refractivity contribution is 9.10. The van der Waals surface area contributed by atoms with Crippen LogP contribution in [0.25, 0.3) is 0 Å². The summed E-state index contributed by atoms with van der Waals surface area (Å²) in [6.07, 6.45) is 0. The first-order chi connectivity index (χ1) is 21.0. The predicted octanol–water partition coefficient (Wildman–Crippen LogP) is 4.85. The fraction of sp³-hybridized carbons (Fsp3) is 0.188. The number of hydrogen-bond donors (Lipinski definition) is 2. The van der Waals surface area contributed by atoms with Gasteiger partial charge in [0, 0.05) is 44.7 Å². The van der Waals surface area contributed by atoms with E-state index >= 15 is 0 Å². The molecule has 4 aromatic rings. The van der Waals surface area contributed by atoms with Gasteiger partial charge in [-0.15, -0.1) is 0 Å². The number of hydrogen-bond acceptors (Lipinski definition) is 8. The molecule has 0 radical (unpaired) electrons. The summed E-state index contributed by atoms with van der Waals surface area (Å²) in [6.45, 7) is 0.965. The van der Waals surface area contributed by atoms with Crippen molar-refractivity contribution >= 4 is 39.1 Å². The van der Waals surface area contributed by atoms with Crippen molar-refractivity contribution in [3.05, 3.63) is 93.5 Å². The van der Waals surface area contributed by atoms with Crippen LogP contribution >= 0.6 is 15.9 Å². The zero-order valence-electron chi connectivity index (χ0n) is 22.3. The number of anilines is 2. The summed E-state index contributed by atoms with van der Waals surface area (Å²) >= 11 is 3.57. The molecule has 6 heterocycles. The second-order valence-corrected chi connectivity index (χ2v) is 11.8. The van der Waals surface area contributed by atoms with E-state index in [-0.39, 0.29) is 32.0 Å². The summed E-state index contributed by atoms with van der Waals surface area (Å²) in [5.41, 5.74) is 3.56. The Balaban J connectivity index is 0.000000121. The van der Waals surface area contributed by atoms with Crippen molar-refractivity contribution in [3.63, 3.8) is 0 Å². The summed E-state index contributed by atoms with van der Waals surface area (Å²) in [5.74, 6) is 3.86. The van der Waals surface area contributed by atoms with Gasteiger partial charge in [-0.1, -0.05) is 40.2 Å². The number of fused-ring (bicyclic) bond motifs is 10. The van der Waals surface area contributed by atoms with E-state index in [1.165, 1.54) is 0 Å². The highest BCUT2D eigenvalue weighted by atomic mass is 79.9. The van der Waals surface area contributed by atoms with Crippen LogP contribution in [0.5, 0.6) is 34.5 Å². The van der Waals surface area contributed by atoms with Crippen molar-refractivity contribution in [2.45, 2.75) is 10.8 Å². The van der Waals surface area contributed by atoms with Crippen LogP contribution in [0.15, 0.2) is 71.2 Å². The fourth-order valence-electron chi connectivity index (χ4n) is 6.81. The summed E-state index contributed by atoms with van der Waals surface area (Å²) in [5, 5.41) is 5.91. The number of benzene rings is 4. The molecule has 4 aromatic carbocycles. The molecule has 2 unspecified atom stereocenters. The number of amides is 2. The number of rotatable bonds is 0. The molecule has 2 amide bonds. The molecule has 0 bridgehead atoms. The quantitative estimate of drug-likeness (QED) is 0.280. The van der Waals surface area contributed by atoms with Crippen molar-refractivity contribution in [2.75, 3.05) is 37.4 Å². The Morgan fingerprint density at radius 3 is 1.79 bits per heavy atom. The molecule has 2 atom stereocenters. The molecule has 43 heavy (non-hydrogen) atoms. The zero-order valence-corrected chi connectivity index (χ0v) is 23.9. The highest BCUT2D eigenvalue weighted by Gasteiger charge is 2.56. The normalized spacial score (nSPS) is 23.5. The van der Waals surface area contributed by atoms with Gasteiger partial charge < -0.3 is 39.1 Å². The Labute approximate surface area is 252 Å². The lowest BCUT2D eigenvalue weighted by atomic mass is 9.77. The monoisotopic (exact) mass is 640 g/mol. The van der Waals surface area contributed by atoms with Gasteiger partial charge in [-0.3, -0.25) is 9.59 Å². The molecular weight excluding hydrogens is 620 g/mol. The van der Waals surface area contributed by atoms with Crippen LogP contribution in [0.4, 0.5) is 11.4 Å². The van der Waals surface area contributed by atoms with Crippen LogP contribution in [0.1, 0.15) is 22.3 Å². The van der Waals surface area contributed by atoms with Gasteiger partial charge in [-0.25, -0.2) is 0 Å². The standard InChI is InChI=1S/C16H10BrNO4.C16H11NO4/c17-9-2-1-3-10-14(9)16(15(19)18-10)6-20-11-5-13-12(4-8(11)16)21-7-22-13;18-15-16(9-3-1-2-4-11(9)17-15)7-19-12-6-14-13(5-10(12)16)20-8-21-14/h1-5H,6-7H2,(H,18,19);1-6H,7-8H2,(H,17,18). The average molecular weight is 641 g/mol. The molecule has 6 aliphatic heterocycles. The Morgan fingerprint density at radius 2 is 1.09 bits per heavy atom. The van der Waals surface area contributed by atoms with Gasteiger partial charge in [0.15, 0.2) is 23.0 Å². The fourth-order valence-corrected chi connectivity index (χ4v) is 7.51. The van der Waals surface area contributed by atoms with Crippen LogP contribution in [0, 0.1) is 0 Å². The Kier molecular flexibility index (Phi) is 4.92. The second kappa shape index (κ2) is 8.57. The van der Waals surface area contributed by atoms with Crippen LogP contribution in [0.3, 0.4) is 0 Å². The lowest BCUT2D eigenvalue weighted by Crippen LogP contribution is -2.37. The first-order valence-corrected chi connectivity index (χ1v) is 14.4. The number of halogens is 1. The van der Waals surface area contributed by atoms with E-state index in [4.69, 9.17) is 28.4 Å². The van der Waals surface area contributed by atoms with E-state index in [1.54, 1.807) is 12.1 Å². The van der Waals surface area contributed by atoms with Gasteiger partial charge in [-0.2, -0.15) is 0 Å². The number of nitrogens with one attached hydrogen (secondary N) is 2. The SMILES string of the molecule is O=C1Nc2cccc(Br)c2C12COc1cc3c(cc12)OCO3.O=C1Nc2ccccc2C12COc1cc3c(cc12)OCO3. The van der Waals surface area contributed by atoms with E-state index in [2.05, 4.69) is 26.6 Å². The largest absolute Gasteiger partial charge is 0.491 e. The maximum absolute atomic E-state index is 12.8. The van der Waals surface area contributed by atoms with Gasteiger partial charge in [-0.05, 0) is 35.9 Å². The third kappa shape index (κ3) is 3.17. The molecule has 2 spiro atoms. The molecular formula is C32H21BrN2O8. The van der Waals surface area contributed by atoms with Crippen LogP contribution in [0.2, 0.25) is 0 Å². The summed E-state index contributed by atoms with van der Waals surface area (Å²) < 4.78 is 34.2. The molecule has 0 aromatic heterocycles. The van der Waals surface area contributed by atoms with Crippen molar-refractivity contribution in [1.82, 2.24) is 0 Å². The van der Waals surface area contributed by atoms with Crippen molar-refractivity contribution < 1.29 is 38.0 Å². The van der Waals surface area contributed by atoms with Crippen molar-refractivity contribution in [2.24, 2.45) is 0 Å². The van der Waals surface area contributed by atoms with Gasteiger partial charge in [0.25, 0.3) is 0 Å². The third-order valence-corrected chi connectivity index (χ3v) is 9.52. The summed E-state index contributed by atoms with van der Waals surface area (Å²) in [7, 11) is 0. The molecule has 11 heteroatoms. The number of para-hydroxylation sites is 1. The van der Waals surface area contributed by atoms with Gasteiger partial charge in [0.1, 0.15) is 35.5 Å². The Bertz CT molecular complexity index is 1930. The highest BCUT2D eigenvalue weighted by Crippen LogP contribution is 2.55. The first kappa shape index (κ1) is 24.7. The topological polar surface area (TPSA) is 114 Å². The summed E-state index contributed by atoms with van der Waals surface area (Å²) in [4.78, 5) is 25.4. The van der Waals surface area contributed by atoms with Gasteiger partial charge >= 0.3 is 0 Å². The molecule has 10 nitrogen and oxygen atoms in total. The minimum atomic E-state index is -0.842. The Hall–Kier alpha value is -4.90. The van der Waals surface area contributed by atoms with Crippen molar-refractivity contribution in [1.29, 1.82) is 0 Å². The predicted molar refractivity (Wildman–Crippen MR) is 156 cm³/mol. The summed E-state index contributed by atoms with van der Waals surface area (Å²) in [6, 6.07) is 20.8. The minimum absolute atomic E-state index is 0.0543. The Morgan fingerprint density at radius 1 is 0.558 bits per heavy atom. The molecule has 2 N–H and O–H groups in total. The smallest absolute Gasteiger partial charge is 0.243 e. The lowest BCUT2D eigenvalue weighted by molar-refractivity contribution is -0.120. The van der Waals surface area contributed by atoms with E-state index in [0.717, 1.165) is 38.1 Å². The second-order valence-electron chi connectivity index (χ2n) is 10.9. The molecule has 0 fully saturated rings. The van der Waals surface area contributed by atoms with Crippen LogP contribution < -0.4 is 39.1 Å². The van der Waals surface area contributed by atoms with E-state index in [9.17, 15) is 9.59 Å². The number of carbonyl (C=O) groups excluding carboxylic acids is 2. The molecule has 10 rings (SSSR count). The van der Waals surface area contributed by atoms with Gasteiger partial charge in [0.2, 0.25) is 25.4 Å². The first-order valence-electron chi connectivity index (χ1n) is 13.6. The lowest BCUT2D eigenvalue weighted by Gasteiger charge is -2.21. The van der Waals surface area contributed by atoms with Crippen LogP contribution in [-0.4, -0.2) is 38.6 Å². The maximum Gasteiger partial charge on any atom is 0.243 e. The minimum Gasteiger partial charge on any atom is -0.491 e. The van der Waals surface area contributed by atoms with E-state index < -0.39 is 10.8 Å². The zero-order chi connectivity index (χ0) is 28.9. The van der Waals surface area contributed by atoms with Gasteiger partial charge in [0.05, 0.1) is 0 Å². The number of carbonyl (C=O) groups is 2. The molecule has 214 valence electrons. The van der Waals surface area contributed by atoms with E-state index in [0.29, 0.717) is 41.1 Å². The maximum atomic E-state index is 12.8. The molecule has 0 aliphatic carbocycles.